The molecule has 2 nitrogen and oxygen atoms in total. The molecular weight excluding hydrogens is 308 g/mol. The van der Waals surface area contributed by atoms with Gasteiger partial charge in [-0.05, 0) is 43.1 Å². The van der Waals surface area contributed by atoms with E-state index in [9.17, 15) is 13.6 Å². The molecule has 0 spiro atoms. The van der Waals surface area contributed by atoms with E-state index in [0.717, 1.165) is 25.6 Å². The fraction of sp³-hybridized carbons (Fsp3) is 0.350. The van der Waals surface area contributed by atoms with Crippen molar-refractivity contribution in [2.45, 2.75) is 25.8 Å². The molecule has 1 heterocycles. The summed E-state index contributed by atoms with van der Waals surface area (Å²) in [6.45, 7) is 3.89. The van der Waals surface area contributed by atoms with Gasteiger partial charge in [-0.1, -0.05) is 36.4 Å². The van der Waals surface area contributed by atoms with Crippen molar-refractivity contribution < 1.29 is 13.6 Å². The number of rotatable bonds is 4. The average molecular weight is 329 g/mol. The molecule has 0 unspecified atom stereocenters. The molecule has 0 aromatic heterocycles. The first kappa shape index (κ1) is 16.8. The van der Waals surface area contributed by atoms with Gasteiger partial charge in [-0.3, -0.25) is 9.69 Å². The first-order valence-corrected chi connectivity index (χ1v) is 8.26. The average Bonchev–Trinajstić information content (AvgIpc) is 2.58. The summed E-state index contributed by atoms with van der Waals surface area (Å²) >= 11 is 0. The molecule has 0 saturated carbocycles. The minimum Gasteiger partial charge on any atom is -0.300 e. The molecule has 4 heteroatoms. The van der Waals surface area contributed by atoms with E-state index >= 15 is 0 Å². The van der Waals surface area contributed by atoms with E-state index in [-0.39, 0.29) is 17.6 Å². The lowest BCUT2D eigenvalue weighted by Gasteiger charge is -2.38. The van der Waals surface area contributed by atoms with Gasteiger partial charge < -0.3 is 0 Å². The summed E-state index contributed by atoms with van der Waals surface area (Å²) in [5, 5.41) is 0. The number of Topliss-reactive ketones (excluding diaryl/α,β-unsaturated/α-hetero) is 1. The standard InChI is InChI=1S/C20H21F2NO/c1-14(24)17-9-10-23(12-15-5-3-2-4-6-15)13-18(17)16-7-8-19(21)20(22)11-16/h2-8,11,17-18H,9-10,12-13H2,1H3/t17-,18-/m1/s1. The van der Waals surface area contributed by atoms with E-state index in [0.29, 0.717) is 12.1 Å². The van der Waals surface area contributed by atoms with Crippen LogP contribution in [0, 0.1) is 17.6 Å². The number of ketones is 1. The third-order valence-electron chi connectivity index (χ3n) is 4.84. The zero-order valence-corrected chi connectivity index (χ0v) is 13.7. The number of piperidine rings is 1. The third-order valence-corrected chi connectivity index (χ3v) is 4.84. The van der Waals surface area contributed by atoms with Gasteiger partial charge in [-0.15, -0.1) is 0 Å². The van der Waals surface area contributed by atoms with Crippen LogP contribution in [0.4, 0.5) is 8.78 Å². The molecule has 2 atom stereocenters. The maximum atomic E-state index is 13.6. The van der Waals surface area contributed by atoms with Crippen molar-refractivity contribution in [3.05, 3.63) is 71.3 Å². The van der Waals surface area contributed by atoms with Gasteiger partial charge in [0, 0.05) is 24.9 Å². The summed E-state index contributed by atoms with van der Waals surface area (Å²) in [6, 6.07) is 14.1. The molecular formula is C20H21F2NO. The fourth-order valence-electron chi connectivity index (χ4n) is 3.57. The molecule has 1 saturated heterocycles. The highest BCUT2D eigenvalue weighted by Gasteiger charge is 2.33. The number of halogens is 2. The fourth-order valence-corrected chi connectivity index (χ4v) is 3.57. The monoisotopic (exact) mass is 329 g/mol. The van der Waals surface area contributed by atoms with Crippen molar-refractivity contribution in [3.8, 4) is 0 Å². The molecule has 24 heavy (non-hydrogen) atoms. The minimum atomic E-state index is -0.852. The van der Waals surface area contributed by atoms with E-state index < -0.39 is 11.6 Å². The van der Waals surface area contributed by atoms with Crippen molar-refractivity contribution in [1.82, 2.24) is 4.90 Å². The molecule has 0 radical (unpaired) electrons. The highest BCUT2D eigenvalue weighted by Crippen LogP contribution is 2.34. The maximum Gasteiger partial charge on any atom is 0.159 e. The maximum absolute atomic E-state index is 13.6. The minimum absolute atomic E-state index is 0.102. The van der Waals surface area contributed by atoms with Gasteiger partial charge in [-0.25, -0.2) is 8.78 Å². The van der Waals surface area contributed by atoms with Crippen LogP contribution in [-0.4, -0.2) is 23.8 Å². The number of hydrogen-bond acceptors (Lipinski definition) is 2. The molecule has 126 valence electrons. The van der Waals surface area contributed by atoms with Crippen LogP contribution in [0.3, 0.4) is 0 Å². The Bertz CT molecular complexity index is 717. The van der Waals surface area contributed by atoms with Crippen LogP contribution >= 0.6 is 0 Å². The van der Waals surface area contributed by atoms with E-state index in [1.807, 2.05) is 18.2 Å². The Hall–Kier alpha value is -2.07. The van der Waals surface area contributed by atoms with Gasteiger partial charge in [0.2, 0.25) is 0 Å². The van der Waals surface area contributed by atoms with Gasteiger partial charge in [0.05, 0.1) is 0 Å². The highest BCUT2D eigenvalue weighted by molar-refractivity contribution is 5.79. The Balaban J connectivity index is 1.82. The first-order chi connectivity index (χ1) is 11.5. The Morgan fingerprint density at radius 2 is 1.88 bits per heavy atom. The Labute approximate surface area is 141 Å². The van der Waals surface area contributed by atoms with Crippen molar-refractivity contribution >= 4 is 5.78 Å². The molecule has 2 aromatic carbocycles. The summed E-state index contributed by atoms with van der Waals surface area (Å²) in [4.78, 5) is 14.3. The van der Waals surface area contributed by atoms with Crippen LogP contribution in [0.25, 0.3) is 0 Å². The van der Waals surface area contributed by atoms with Crippen LogP contribution in [-0.2, 0) is 11.3 Å². The number of benzene rings is 2. The second-order valence-electron chi connectivity index (χ2n) is 6.51. The van der Waals surface area contributed by atoms with Gasteiger partial charge >= 0.3 is 0 Å². The van der Waals surface area contributed by atoms with E-state index in [2.05, 4.69) is 17.0 Å². The second kappa shape index (κ2) is 7.22. The van der Waals surface area contributed by atoms with Gasteiger partial charge in [-0.2, -0.15) is 0 Å². The van der Waals surface area contributed by atoms with Crippen molar-refractivity contribution in [2.24, 2.45) is 5.92 Å². The SMILES string of the molecule is CC(=O)[C@H]1CCN(Cc2ccccc2)C[C@@H]1c1ccc(F)c(F)c1. The number of nitrogens with zero attached hydrogens (tertiary/aromatic N) is 1. The van der Waals surface area contributed by atoms with E-state index in [1.165, 1.54) is 11.6 Å². The lowest BCUT2D eigenvalue weighted by molar-refractivity contribution is -0.122. The van der Waals surface area contributed by atoms with Gasteiger partial charge in [0.15, 0.2) is 11.6 Å². The summed E-state index contributed by atoms with van der Waals surface area (Å²) < 4.78 is 26.9. The summed E-state index contributed by atoms with van der Waals surface area (Å²) in [5.41, 5.74) is 1.91. The second-order valence-corrected chi connectivity index (χ2v) is 6.51. The van der Waals surface area contributed by atoms with Crippen molar-refractivity contribution in [1.29, 1.82) is 0 Å². The first-order valence-electron chi connectivity index (χ1n) is 8.26. The van der Waals surface area contributed by atoms with Crippen LogP contribution in [0.15, 0.2) is 48.5 Å². The number of likely N-dealkylation sites (tertiary alicyclic amines) is 1. The topological polar surface area (TPSA) is 20.3 Å². The molecule has 2 aromatic rings. The van der Waals surface area contributed by atoms with Crippen LogP contribution in [0.2, 0.25) is 0 Å². The van der Waals surface area contributed by atoms with E-state index in [4.69, 9.17) is 0 Å². The summed E-state index contributed by atoms with van der Waals surface area (Å²) in [6.07, 6.45) is 0.742. The largest absolute Gasteiger partial charge is 0.300 e. The number of carbonyl (C=O) groups excluding carboxylic acids is 1. The highest BCUT2D eigenvalue weighted by atomic mass is 19.2. The predicted molar refractivity (Wildman–Crippen MR) is 89.6 cm³/mol. The molecule has 1 aliphatic heterocycles. The van der Waals surface area contributed by atoms with E-state index in [1.54, 1.807) is 13.0 Å². The molecule has 0 N–H and O–H groups in total. The van der Waals surface area contributed by atoms with Gasteiger partial charge in [0.1, 0.15) is 5.78 Å². The van der Waals surface area contributed by atoms with Crippen molar-refractivity contribution in [3.63, 3.8) is 0 Å². The summed E-state index contributed by atoms with van der Waals surface area (Å²) in [7, 11) is 0. The van der Waals surface area contributed by atoms with Gasteiger partial charge in [0.25, 0.3) is 0 Å². The Morgan fingerprint density at radius 3 is 2.54 bits per heavy atom. The number of carbonyl (C=O) groups is 1. The molecule has 0 aliphatic carbocycles. The molecule has 3 rings (SSSR count). The molecule has 1 fully saturated rings. The van der Waals surface area contributed by atoms with Crippen LogP contribution in [0.5, 0.6) is 0 Å². The molecule has 0 amide bonds. The van der Waals surface area contributed by atoms with Crippen LogP contribution < -0.4 is 0 Å². The normalized spacial score (nSPS) is 21.6. The van der Waals surface area contributed by atoms with Crippen LogP contribution in [0.1, 0.15) is 30.4 Å². The smallest absolute Gasteiger partial charge is 0.159 e. The lowest BCUT2D eigenvalue weighted by atomic mass is 9.78. The van der Waals surface area contributed by atoms with Crippen molar-refractivity contribution in [2.75, 3.05) is 13.1 Å². The quantitative estimate of drug-likeness (QED) is 0.839. The summed E-state index contributed by atoms with van der Waals surface area (Å²) in [5.74, 6) is -1.83. The lowest BCUT2D eigenvalue weighted by Crippen LogP contribution is -2.41. The number of hydrogen-bond donors (Lipinski definition) is 0. The Kier molecular flexibility index (Phi) is 5.05. The zero-order chi connectivity index (χ0) is 17.1. The molecule has 0 bridgehead atoms. The predicted octanol–water partition coefficient (Wildman–Crippen LogP) is 4.16. The third kappa shape index (κ3) is 3.70. The Morgan fingerprint density at radius 1 is 1.12 bits per heavy atom. The zero-order valence-electron chi connectivity index (χ0n) is 13.7. The molecule has 1 aliphatic rings.